The summed E-state index contributed by atoms with van der Waals surface area (Å²) in [6.45, 7) is 3.22. The highest BCUT2D eigenvalue weighted by Crippen LogP contribution is 2.36. The number of likely N-dealkylation sites (tertiary alicyclic amines) is 1. The van der Waals surface area contributed by atoms with E-state index in [-0.39, 0.29) is 23.6 Å². The molecule has 5 rings (SSSR count). The first-order valence-electron chi connectivity index (χ1n) is 16.0. The Hall–Kier alpha value is -3.47. The highest BCUT2D eigenvalue weighted by atomic mass is 16.5. The van der Waals surface area contributed by atoms with E-state index in [0.29, 0.717) is 56.1 Å². The van der Waals surface area contributed by atoms with Gasteiger partial charge >= 0.3 is 0 Å². The molecule has 0 unspecified atom stereocenters. The van der Waals surface area contributed by atoms with E-state index in [2.05, 4.69) is 15.5 Å². The Morgan fingerprint density at radius 2 is 1.64 bits per heavy atom. The van der Waals surface area contributed by atoms with Crippen molar-refractivity contribution < 1.29 is 24.2 Å². The molecule has 2 aromatic carbocycles. The van der Waals surface area contributed by atoms with Gasteiger partial charge < -0.3 is 30.3 Å². The molecular weight excluding hydrogens is 558 g/mol. The van der Waals surface area contributed by atoms with E-state index in [4.69, 9.17) is 4.74 Å². The van der Waals surface area contributed by atoms with E-state index in [1.165, 1.54) is 0 Å². The number of aliphatic hydroxyl groups excluding tert-OH is 1. The molecule has 1 aliphatic carbocycles. The minimum atomic E-state index is -0.891. The van der Waals surface area contributed by atoms with Gasteiger partial charge in [-0.1, -0.05) is 31.4 Å². The van der Waals surface area contributed by atoms with Gasteiger partial charge in [0.25, 0.3) is 5.91 Å². The molecule has 238 valence electrons. The number of carbonyl (C=O) groups is 3. The summed E-state index contributed by atoms with van der Waals surface area (Å²) in [5, 5.41) is 16.8. The average Bonchev–Trinajstić information content (AvgIpc) is 3.04. The number of piperidine rings is 1. The fourth-order valence-electron chi connectivity index (χ4n) is 6.90. The summed E-state index contributed by atoms with van der Waals surface area (Å²) in [4.78, 5) is 45.6. The van der Waals surface area contributed by atoms with Crippen molar-refractivity contribution >= 4 is 17.7 Å². The third-order valence-corrected chi connectivity index (χ3v) is 9.60. The average molecular weight is 606 g/mol. The molecule has 0 radical (unpaired) electrons. The van der Waals surface area contributed by atoms with Crippen LogP contribution in [0.3, 0.4) is 0 Å². The fourth-order valence-corrected chi connectivity index (χ4v) is 6.90. The number of benzene rings is 2. The minimum absolute atomic E-state index is 0.0518. The number of nitrogens with one attached hydrogen (secondary N) is 2. The normalized spacial score (nSPS) is 21.8. The van der Waals surface area contributed by atoms with Crippen molar-refractivity contribution in [1.29, 1.82) is 0 Å². The highest BCUT2D eigenvalue weighted by molar-refractivity contribution is 6.00. The fraction of sp³-hybridized carbons (Fsp3) is 0.559. The van der Waals surface area contributed by atoms with Crippen LogP contribution in [0.15, 0.2) is 48.5 Å². The van der Waals surface area contributed by atoms with Gasteiger partial charge in [-0.15, -0.1) is 0 Å². The maximum absolute atomic E-state index is 13.9. The molecule has 0 aromatic heterocycles. The van der Waals surface area contributed by atoms with Gasteiger partial charge in [-0.25, -0.2) is 0 Å². The SMILES string of the molecule is CNC(=O)c1ccc(Oc2ccc(CN3CCC4(CC3)C(=O)N[C@H]([C@H](O)C3CCCCC3)C(=O)N4CCN(C)C)cc2)cc1. The van der Waals surface area contributed by atoms with Gasteiger partial charge in [0.1, 0.15) is 23.1 Å². The van der Waals surface area contributed by atoms with Crippen LogP contribution in [0.2, 0.25) is 0 Å². The molecule has 10 nitrogen and oxygen atoms in total. The monoisotopic (exact) mass is 605 g/mol. The van der Waals surface area contributed by atoms with Gasteiger partial charge in [-0.2, -0.15) is 0 Å². The standard InChI is InChI=1S/C34H47N5O5/c1-35-31(41)26-11-15-28(16-12-26)44-27-13-9-24(10-14-27)23-38-19-17-34(18-20-38)33(43)36-29(30(40)25-7-5-4-6-8-25)32(42)39(34)22-21-37(2)3/h9-16,25,29-30,40H,4-8,17-23H2,1-3H3,(H,35,41)(H,36,43)/t29-,30-/m1/s1. The third-order valence-electron chi connectivity index (χ3n) is 9.60. The number of rotatable bonds is 10. The van der Waals surface area contributed by atoms with E-state index >= 15 is 0 Å². The van der Waals surface area contributed by atoms with Crippen LogP contribution in [-0.2, 0) is 16.1 Å². The molecule has 2 heterocycles. The lowest BCUT2D eigenvalue weighted by atomic mass is 9.78. The van der Waals surface area contributed by atoms with Crippen LogP contribution in [-0.4, -0.2) is 103 Å². The molecule has 3 fully saturated rings. The number of ether oxygens (including phenoxy) is 1. The molecule has 2 saturated heterocycles. The summed E-state index contributed by atoms with van der Waals surface area (Å²) in [5.41, 5.74) is 0.816. The third kappa shape index (κ3) is 7.08. The van der Waals surface area contributed by atoms with Crippen molar-refractivity contribution in [1.82, 2.24) is 25.3 Å². The number of hydrogen-bond donors (Lipinski definition) is 3. The zero-order valence-corrected chi connectivity index (χ0v) is 26.3. The maximum Gasteiger partial charge on any atom is 0.251 e. The molecule has 10 heteroatoms. The second-order valence-corrected chi connectivity index (χ2v) is 12.8. The Labute approximate surface area is 260 Å². The number of piperazine rings is 1. The van der Waals surface area contributed by atoms with Crippen molar-refractivity contribution in [3.8, 4) is 11.5 Å². The minimum Gasteiger partial charge on any atom is -0.457 e. The summed E-state index contributed by atoms with van der Waals surface area (Å²) in [6.07, 6.45) is 5.34. The summed E-state index contributed by atoms with van der Waals surface area (Å²) < 4.78 is 5.96. The van der Waals surface area contributed by atoms with Crippen molar-refractivity contribution in [2.24, 2.45) is 5.92 Å². The predicted octanol–water partition coefficient (Wildman–Crippen LogP) is 3.00. The van der Waals surface area contributed by atoms with Gasteiger partial charge in [-0.3, -0.25) is 19.3 Å². The van der Waals surface area contributed by atoms with Gasteiger partial charge in [0.2, 0.25) is 11.8 Å². The zero-order chi connectivity index (χ0) is 31.3. The van der Waals surface area contributed by atoms with Crippen molar-refractivity contribution in [3.05, 3.63) is 59.7 Å². The zero-order valence-electron chi connectivity index (χ0n) is 26.3. The van der Waals surface area contributed by atoms with Crippen LogP contribution in [0.25, 0.3) is 0 Å². The maximum atomic E-state index is 13.9. The lowest BCUT2D eigenvalue weighted by Gasteiger charge is -2.52. The first-order valence-corrected chi connectivity index (χ1v) is 16.0. The largest absolute Gasteiger partial charge is 0.457 e. The Morgan fingerprint density at radius 3 is 2.23 bits per heavy atom. The van der Waals surface area contributed by atoms with Gasteiger partial charge in [0.05, 0.1) is 6.10 Å². The molecule has 0 bridgehead atoms. The number of carbonyl (C=O) groups excluding carboxylic acids is 3. The Morgan fingerprint density at radius 1 is 1.02 bits per heavy atom. The molecule has 1 saturated carbocycles. The summed E-state index contributed by atoms with van der Waals surface area (Å²) in [6, 6.07) is 14.1. The lowest BCUT2D eigenvalue weighted by Crippen LogP contribution is -2.75. The highest BCUT2D eigenvalue weighted by Gasteiger charge is 2.55. The van der Waals surface area contributed by atoms with E-state index in [0.717, 1.165) is 44.2 Å². The Kier molecular flexibility index (Phi) is 10.2. The Balaban J connectivity index is 1.20. The number of hydrogen-bond acceptors (Lipinski definition) is 7. The molecule has 2 aromatic rings. The van der Waals surface area contributed by atoms with Crippen LogP contribution in [0.4, 0.5) is 0 Å². The molecule has 3 amide bonds. The quantitative estimate of drug-likeness (QED) is 0.382. The van der Waals surface area contributed by atoms with E-state index in [1.807, 2.05) is 43.3 Å². The van der Waals surface area contributed by atoms with E-state index < -0.39 is 17.7 Å². The summed E-state index contributed by atoms with van der Waals surface area (Å²) in [5.74, 6) is 1.00. The van der Waals surface area contributed by atoms with Crippen molar-refractivity contribution in [2.45, 2.75) is 69.2 Å². The Bertz CT molecular complexity index is 1280. The van der Waals surface area contributed by atoms with Crippen LogP contribution in [0.5, 0.6) is 11.5 Å². The van der Waals surface area contributed by atoms with Crippen molar-refractivity contribution in [3.63, 3.8) is 0 Å². The summed E-state index contributed by atoms with van der Waals surface area (Å²) >= 11 is 0. The molecule has 1 spiro atoms. The first kappa shape index (κ1) is 31.9. The van der Waals surface area contributed by atoms with E-state index in [9.17, 15) is 19.5 Å². The molecular formula is C34H47N5O5. The second kappa shape index (κ2) is 14.1. The smallest absolute Gasteiger partial charge is 0.251 e. The molecule has 3 aliphatic rings. The van der Waals surface area contributed by atoms with Gasteiger partial charge in [-0.05, 0) is 87.7 Å². The van der Waals surface area contributed by atoms with E-state index in [1.54, 1.807) is 36.2 Å². The predicted molar refractivity (Wildman–Crippen MR) is 168 cm³/mol. The summed E-state index contributed by atoms with van der Waals surface area (Å²) in [7, 11) is 5.54. The van der Waals surface area contributed by atoms with Crippen LogP contribution in [0.1, 0.15) is 60.9 Å². The number of amides is 3. The van der Waals surface area contributed by atoms with Crippen molar-refractivity contribution in [2.75, 3.05) is 47.3 Å². The molecule has 2 atom stereocenters. The molecule has 44 heavy (non-hydrogen) atoms. The second-order valence-electron chi connectivity index (χ2n) is 12.8. The van der Waals surface area contributed by atoms with Gasteiger partial charge in [0, 0.05) is 45.3 Å². The number of nitrogens with zero attached hydrogens (tertiary/aromatic N) is 3. The molecule has 3 N–H and O–H groups in total. The van der Waals surface area contributed by atoms with Gasteiger partial charge in [0.15, 0.2) is 0 Å². The first-order chi connectivity index (χ1) is 21.2. The van der Waals surface area contributed by atoms with Crippen LogP contribution < -0.4 is 15.4 Å². The number of aliphatic hydroxyl groups is 1. The lowest BCUT2D eigenvalue weighted by molar-refractivity contribution is -0.166. The van der Waals surface area contributed by atoms with Crippen LogP contribution in [0, 0.1) is 5.92 Å². The van der Waals surface area contributed by atoms with Crippen LogP contribution >= 0.6 is 0 Å². The topological polar surface area (TPSA) is 114 Å². The molecule has 2 aliphatic heterocycles. The number of likely N-dealkylation sites (N-methyl/N-ethyl adjacent to an activating group) is 1.